The predicted octanol–water partition coefficient (Wildman–Crippen LogP) is 5.52. The van der Waals surface area contributed by atoms with Crippen molar-refractivity contribution in [1.29, 1.82) is 0 Å². The molecular formula is C19H12ClOS. The number of ketones is 1. The Bertz CT molecular complexity index is 782. The lowest BCUT2D eigenvalue weighted by Gasteiger charge is -2.05. The molecule has 22 heavy (non-hydrogen) atoms. The summed E-state index contributed by atoms with van der Waals surface area (Å²) >= 11 is 7.73. The van der Waals surface area contributed by atoms with Crippen molar-refractivity contribution in [2.75, 3.05) is 0 Å². The van der Waals surface area contributed by atoms with Crippen molar-refractivity contribution >= 4 is 29.1 Å². The highest BCUT2D eigenvalue weighted by atomic mass is 35.5. The van der Waals surface area contributed by atoms with Gasteiger partial charge in [-0.2, -0.15) is 0 Å². The van der Waals surface area contributed by atoms with Crippen LogP contribution in [0.3, 0.4) is 0 Å². The van der Waals surface area contributed by atoms with Crippen LogP contribution in [0, 0.1) is 6.07 Å². The summed E-state index contributed by atoms with van der Waals surface area (Å²) in [6, 6.07) is 25.5. The van der Waals surface area contributed by atoms with Gasteiger partial charge in [0.1, 0.15) is 0 Å². The summed E-state index contributed by atoms with van der Waals surface area (Å²) in [6.07, 6.45) is 0. The van der Waals surface area contributed by atoms with Crippen LogP contribution in [-0.4, -0.2) is 5.78 Å². The highest BCUT2D eigenvalue weighted by Gasteiger charge is 2.12. The van der Waals surface area contributed by atoms with E-state index >= 15 is 0 Å². The summed E-state index contributed by atoms with van der Waals surface area (Å²) in [5.74, 6) is -0.0588. The molecule has 0 N–H and O–H groups in total. The molecule has 1 radical (unpaired) electrons. The summed E-state index contributed by atoms with van der Waals surface area (Å²) in [5, 5.41) is 0.478. The van der Waals surface area contributed by atoms with Gasteiger partial charge < -0.3 is 0 Å². The van der Waals surface area contributed by atoms with Crippen molar-refractivity contribution in [3.8, 4) is 0 Å². The second kappa shape index (κ2) is 6.82. The fraction of sp³-hybridized carbons (Fsp3) is 0. The van der Waals surface area contributed by atoms with E-state index in [1.54, 1.807) is 23.9 Å². The summed E-state index contributed by atoms with van der Waals surface area (Å²) in [6.45, 7) is 0. The molecule has 107 valence electrons. The highest BCUT2D eigenvalue weighted by Crippen LogP contribution is 2.28. The Morgan fingerprint density at radius 2 is 1.50 bits per heavy atom. The van der Waals surface area contributed by atoms with E-state index in [9.17, 15) is 4.79 Å². The van der Waals surface area contributed by atoms with Gasteiger partial charge in [0.05, 0.1) is 5.02 Å². The Kier molecular flexibility index (Phi) is 4.62. The molecule has 0 saturated carbocycles. The molecule has 0 bridgehead atoms. The van der Waals surface area contributed by atoms with E-state index in [1.165, 1.54) is 0 Å². The first-order valence-corrected chi connectivity index (χ1v) is 7.97. The largest absolute Gasteiger partial charge is 0.289 e. The number of hydrogen-bond donors (Lipinski definition) is 0. The Hall–Kier alpha value is -2.03. The first-order valence-electron chi connectivity index (χ1n) is 6.77. The van der Waals surface area contributed by atoms with E-state index in [2.05, 4.69) is 6.07 Å². The normalized spacial score (nSPS) is 10.4. The van der Waals surface area contributed by atoms with Crippen molar-refractivity contribution in [3.63, 3.8) is 0 Å². The minimum absolute atomic E-state index is 0.0588. The summed E-state index contributed by atoms with van der Waals surface area (Å²) in [5.41, 5.74) is 1.17. The van der Waals surface area contributed by atoms with Gasteiger partial charge in [0.15, 0.2) is 5.78 Å². The Morgan fingerprint density at radius 3 is 2.18 bits per heavy atom. The average Bonchev–Trinajstić information content (AvgIpc) is 2.56. The zero-order chi connectivity index (χ0) is 15.4. The maximum absolute atomic E-state index is 12.4. The van der Waals surface area contributed by atoms with Crippen molar-refractivity contribution in [1.82, 2.24) is 0 Å². The van der Waals surface area contributed by atoms with Crippen LogP contribution in [0.2, 0.25) is 5.02 Å². The van der Waals surface area contributed by atoms with E-state index in [0.717, 1.165) is 9.79 Å². The third-order valence-electron chi connectivity index (χ3n) is 3.16. The Labute approximate surface area is 138 Å². The van der Waals surface area contributed by atoms with E-state index in [-0.39, 0.29) is 5.78 Å². The fourth-order valence-electron chi connectivity index (χ4n) is 2.05. The second-order valence-electron chi connectivity index (χ2n) is 4.67. The van der Waals surface area contributed by atoms with Crippen molar-refractivity contribution in [2.45, 2.75) is 9.79 Å². The van der Waals surface area contributed by atoms with E-state index in [4.69, 9.17) is 11.6 Å². The SMILES string of the molecule is O=C(c1ccc(Sc2cc[c]cc2)cc1)c1ccccc1Cl. The zero-order valence-electron chi connectivity index (χ0n) is 11.6. The molecule has 0 aliphatic rings. The maximum atomic E-state index is 12.4. The minimum Gasteiger partial charge on any atom is -0.289 e. The molecule has 0 aliphatic carbocycles. The molecule has 3 aromatic carbocycles. The average molecular weight is 324 g/mol. The number of halogens is 1. The van der Waals surface area contributed by atoms with Gasteiger partial charge in [0.2, 0.25) is 0 Å². The molecule has 0 unspecified atom stereocenters. The van der Waals surface area contributed by atoms with Gasteiger partial charge in [0.25, 0.3) is 0 Å². The molecule has 0 atom stereocenters. The first-order chi connectivity index (χ1) is 10.7. The molecule has 1 nitrogen and oxygen atoms in total. The van der Waals surface area contributed by atoms with E-state index in [0.29, 0.717) is 16.1 Å². The van der Waals surface area contributed by atoms with Crippen molar-refractivity contribution in [2.24, 2.45) is 0 Å². The topological polar surface area (TPSA) is 17.1 Å². The van der Waals surface area contributed by atoms with Crippen LogP contribution in [-0.2, 0) is 0 Å². The van der Waals surface area contributed by atoms with Crippen LogP contribution in [0.4, 0.5) is 0 Å². The van der Waals surface area contributed by atoms with E-state index in [1.807, 2.05) is 60.7 Å². The molecule has 0 heterocycles. The first kappa shape index (κ1) is 14.9. The van der Waals surface area contributed by atoms with Crippen molar-refractivity contribution < 1.29 is 4.79 Å². The number of rotatable bonds is 4. The van der Waals surface area contributed by atoms with Gasteiger partial charge in [0, 0.05) is 20.9 Å². The molecule has 3 rings (SSSR count). The molecule has 3 heteroatoms. The smallest absolute Gasteiger partial charge is 0.194 e. The number of carbonyl (C=O) groups excluding carboxylic acids is 1. The van der Waals surface area contributed by atoms with Gasteiger partial charge in [-0.05, 0) is 54.6 Å². The summed E-state index contributed by atoms with van der Waals surface area (Å²) < 4.78 is 0. The zero-order valence-corrected chi connectivity index (χ0v) is 13.2. The standard InChI is InChI=1S/C19H12ClOS/c20-18-9-5-4-8-17(18)19(21)14-10-12-16(13-11-14)22-15-6-2-1-3-7-15/h2-13H. The quantitative estimate of drug-likeness (QED) is 0.588. The second-order valence-corrected chi connectivity index (χ2v) is 6.23. The minimum atomic E-state index is -0.0588. The number of hydrogen-bond acceptors (Lipinski definition) is 2. The monoisotopic (exact) mass is 323 g/mol. The lowest BCUT2D eigenvalue weighted by Crippen LogP contribution is -2.01. The predicted molar refractivity (Wildman–Crippen MR) is 90.7 cm³/mol. The maximum Gasteiger partial charge on any atom is 0.194 e. The molecule has 0 saturated heterocycles. The van der Waals surface area contributed by atoms with Gasteiger partial charge in [-0.1, -0.05) is 47.6 Å². The molecular weight excluding hydrogens is 312 g/mol. The third-order valence-corrected chi connectivity index (χ3v) is 4.50. The van der Waals surface area contributed by atoms with Gasteiger partial charge >= 0.3 is 0 Å². The van der Waals surface area contributed by atoms with E-state index < -0.39 is 0 Å². The Balaban J connectivity index is 1.80. The molecule has 0 aliphatic heterocycles. The Morgan fingerprint density at radius 1 is 0.864 bits per heavy atom. The van der Waals surface area contributed by atoms with Crippen LogP contribution < -0.4 is 0 Å². The highest BCUT2D eigenvalue weighted by molar-refractivity contribution is 7.99. The van der Waals surface area contributed by atoms with Crippen LogP contribution in [0.1, 0.15) is 15.9 Å². The molecule has 0 fully saturated rings. The lowest BCUT2D eigenvalue weighted by atomic mass is 10.0. The molecule has 3 aromatic rings. The molecule has 0 spiro atoms. The lowest BCUT2D eigenvalue weighted by molar-refractivity contribution is 0.103. The van der Waals surface area contributed by atoms with Crippen molar-refractivity contribution in [3.05, 3.63) is 95.0 Å². The number of benzene rings is 3. The van der Waals surface area contributed by atoms with Gasteiger partial charge in [-0.15, -0.1) is 0 Å². The fourth-order valence-corrected chi connectivity index (χ4v) is 3.09. The molecule has 0 amide bonds. The van der Waals surface area contributed by atoms with Crippen LogP contribution >= 0.6 is 23.4 Å². The number of carbonyl (C=O) groups is 1. The van der Waals surface area contributed by atoms with Gasteiger partial charge in [-0.3, -0.25) is 4.79 Å². The van der Waals surface area contributed by atoms with Gasteiger partial charge in [-0.25, -0.2) is 0 Å². The van der Waals surface area contributed by atoms with Crippen LogP contribution in [0.25, 0.3) is 0 Å². The third kappa shape index (κ3) is 3.41. The molecule has 0 aromatic heterocycles. The summed E-state index contributed by atoms with van der Waals surface area (Å²) in [7, 11) is 0. The van der Waals surface area contributed by atoms with Crippen LogP contribution in [0.5, 0.6) is 0 Å². The summed E-state index contributed by atoms with van der Waals surface area (Å²) in [4.78, 5) is 14.7. The van der Waals surface area contributed by atoms with Crippen LogP contribution in [0.15, 0.2) is 82.6 Å².